The van der Waals surface area contributed by atoms with Crippen LogP contribution >= 0.6 is 11.8 Å². The lowest BCUT2D eigenvalue weighted by atomic mass is 10.1. The topological polar surface area (TPSA) is 77.6 Å². The van der Waals surface area contributed by atoms with Crippen LogP contribution in [0.4, 0.5) is 4.39 Å². The van der Waals surface area contributed by atoms with Crippen LogP contribution < -0.4 is 5.32 Å². The molecule has 1 atom stereocenters. The zero-order chi connectivity index (χ0) is 20.9. The molecule has 0 aliphatic heterocycles. The van der Waals surface area contributed by atoms with Crippen molar-refractivity contribution < 1.29 is 9.18 Å². The van der Waals surface area contributed by atoms with Gasteiger partial charge in [-0.1, -0.05) is 30.0 Å². The summed E-state index contributed by atoms with van der Waals surface area (Å²) in [4.78, 5) is 20.6. The Labute approximate surface area is 177 Å². The van der Waals surface area contributed by atoms with Crippen LogP contribution in [0.1, 0.15) is 18.5 Å². The predicted octanol–water partition coefficient (Wildman–Crippen LogP) is 3.56. The summed E-state index contributed by atoms with van der Waals surface area (Å²) in [5.74, 6) is -0.228. The number of halogens is 1. The molecule has 0 radical (unpaired) electrons. The van der Waals surface area contributed by atoms with Gasteiger partial charge in [-0.25, -0.2) is 19.0 Å². The molecule has 4 aromatic rings. The van der Waals surface area contributed by atoms with Crippen LogP contribution in [0.25, 0.3) is 11.4 Å². The number of benzene rings is 2. The van der Waals surface area contributed by atoms with Crippen LogP contribution in [0, 0.1) is 5.82 Å². The number of nitrogens with zero attached hydrogens (tertiary/aromatic N) is 5. The Morgan fingerprint density at radius 3 is 2.77 bits per heavy atom. The van der Waals surface area contributed by atoms with E-state index in [9.17, 15) is 9.18 Å². The SMILES string of the molecule is C[C@H](NC(=O)CSc1nccn1-c1cccc(F)c1)c1ccc(-n2cncn2)cc1. The maximum absolute atomic E-state index is 13.5. The van der Waals surface area contributed by atoms with E-state index in [4.69, 9.17) is 0 Å². The molecule has 0 aliphatic carbocycles. The average molecular weight is 422 g/mol. The molecule has 4 rings (SSSR count). The van der Waals surface area contributed by atoms with Crippen molar-refractivity contribution in [3.63, 3.8) is 0 Å². The van der Waals surface area contributed by atoms with Crippen molar-refractivity contribution in [2.24, 2.45) is 0 Å². The van der Waals surface area contributed by atoms with Gasteiger partial charge >= 0.3 is 0 Å². The van der Waals surface area contributed by atoms with E-state index in [0.717, 1.165) is 11.3 Å². The van der Waals surface area contributed by atoms with Crippen molar-refractivity contribution in [3.05, 3.63) is 85.0 Å². The Hall–Kier alpha value is -3.46. The molecule has 152 valence electrons. The van der Waals surface area contributed by atoms with Crippen LogP contribution in [-0.4, -0.2) is 36.0 Å². The van der Waals surface area contributed by atoms with Crippen LogP contribution in [0.3, 0.4) is 0 Å². The molecule has 0 unspecified atom stereocenters. The summed E-state index contributed by atoms with van der Waals surface area (Å²) in [5.41, 5.74) is 2.55. The number of hydrogen-bond acceptors (Lipinski definition) is 5. The van der Waals surface area contributed by atoms with Crippen LogP contribution in [0.15, 0.2) is 78.7 Å². The van der Waals surface area contributed by atoms with Gasteiger partial charge in [-0.2, -0.15) is 5.10 Å². The third-order valence-electron chi connectivity index (χ3n) is 4.48. The fourth-order valence-corrected chi connectivity index (χ4v) is 3.76. The summed E-state index contributed by atoms with van der Waals surface area (Å²) >= 11 is 1.30. The zero-order valence-electron chi connectivity index (χ0n) is 16.1. The van der Waals surface area contributed by atoms with E-state index in [1.54, 1.807) is 40.1 Å². The molecule has 2 aromatic carbocycles. The van der Waals surface area contributed by atoms with Gasteiger partial charge in [-0.3, -0.25) is 9.36 Å². The Bertz CT molecular complexity index is 1130. The Balaban J connectivity index is 1.35. The lowest BCUT2D eigenvalue weighted by Crippen LogP contribution is -2.28. The maximum Gasteiger partial charge on any atom is 0.230 e. The van der Waals surface area contributed by atoms with Gasteiger partial charge in [0.15, 0.2) is 5.16 Å². The number of hydrogen-bond donors (Lipinski definition) is 1. The normalized spacial score (nSPS) is 11.9. The van der Waals surface area contributed by atoms with Gasteiger partial charge in [0, 0.05) is 12.4 Å². The highest BCUT2D eigenvalue weighted by atomic mass is 32.2. The third-order valence-corrected chi connectivity index (χ3v) is 5.45. The van der Waals surface area contributed by atoms with E-state index in [2.05, 4.69) is 20.4 Å². The second-order valence-corrected chi connectivity index (χ2v) is 7.51. The first kappa shape index (κ1) is 19.8. The molecule has 0 fully saturated rings. The lowest BCUT2D eigenvalue weighted by molar-refractivity contribution is -0.119. The number of aromatic nitrogens is 5. The minimum Gasteiger partial charge on any atom is -0.349 e. The highest BCUT2D eigenvalue weighted by Gasteiger charge is 2.13. The van der Waals surface area contributed by atoms with Crippen molar-refractivity contribution in [2.45, 2.75) is 18.1 Å². The molecular weight excluding hydrogens is 403 g/mol. The van der Waals surface area contributed by atoms with E-state index >= 15 is 0 Å². The van der Waals surface area contributed by atoms with Crippen LogP contribution in [0.2, 0.25) is 0 Å². The minimum atomic E-state index is -0.321. The van der Waals surface area contributed by atoms with Gasteiger partial charge in [-0.15, -0.1) is 0 Å². The van der Waals surface area contributed by atoms with E-state index in [1.807, 2.05) is 31.2 Å². The Kier molecular flexibility index (Phi) is 5.89. The number of imidazole rings is 1. The van der Waals surface area contributed by atoms with Gasteiger partial charge in [0.25, 0.3) is 0 Å². The van der Waals surface area contributed by atoms with Crippen LogP contribution in [0.5, 0.6) is 0 Å². The van der Waals surface area contributed by atoms with Crippen molar-refractivity contribution in [1.29, 1.82) is 0 Å². The Morgan fingerprint density at radius 1 is 1.20 bits per heavy atom. The highest BCUT2D eigenvalue weighted by molar-refractivity contribution is 7.99. The molecule has 0 spiro atoms. The van der Waals surface area contributed by atoms with Gasteiger partial charge in [0.1, 0.15) is 18.5 Å². The average Bonchev–Trinajstić information content (AvgIpc) is 3.44. The van der Waals surface area contributed by atoms with Gasteiger partial charge in [-0.05, 0) is 42.8 Å². The van der Waals surface area contributed by atoms with Gasteiger partial charge in [0.2, 0.25) is 5.91 Å². The van der Waals surface area contributed by atoms with Crippen LogP contribution in [-0.2, 0) is 4.79 Å². The smallest absolute Gasteiger partial charge is 0.230 e. The molecule has 0 aliphatic rings. The number of thioether (sulfide) groups is 1. The largest absolute Gasteiger partial charge is 0.349 e. The predicted molar refractivity (Wildman–Crippen MR) is 112 cm³/mol. The van der Waals surface area contributed by atoms with E-state index in [-0.39, 0.29) is 23.5 Å². The second kappa shape index (κ2) is 8.91. The molecule has 0 bridgehead atoms. The third kappa shape index (κ3) is 4.57. The summed E-state index contributed by atoms with van der Waals surface area (Å²) in [6.45, 7) is 1.93. The summed E-state index contributed by atoms with van der Waals surface area (Å²) in [7, 11) is 0. The number of carbonyl (C=O) groups excluding carboxylic acids is 1. The van der Waals surface area contributed by atoms with Crippen molar-refractivity contribution in [1.82, 2.24) is 29.6 Å². The maximum atomic E-state index is 13.5. The minimum absolute atomic E-state index is 0.110. The molecule has 2 heterocycles. The van der Waals surface area contributed by atoms with Crippen molar-refractivity contribution in [3.8, 4) is 11.4 Å². The monoisotopic (exact) mass is 422 g/mol. The molecule has 1 amide bonds. The Morgan fingerprint density at radius 2 is 2.03 bits per heavy atom. The summed E-state index contributed by atoms with van der Waals surface area (Å²) in [5, 5.41) is 7.71. The van der Waals surface area contributed by atoms with Gasteiger partial charge in [0.05, 0.1) is 23.2 Å². The van der Waals surface area contributed by atoms with Gasteiger partial charge < -0.3 is 5.32 Å². The number of amides is 1. The molecule has 0 saturated carbocycles. The summed E-state index contributed by atoms with van der Waals surface area (Å²) in [6.07, 6.45) is 6.48. The quantitative estimate of drug-likeness (QED) is 0.461. The molecule has 0 saturated heterocycles. The molecule has 30 heavy (non-hydrogen) atoms. The summed E-state index contributed by atoms with van der Waals surface area (Å²) in [6, 6.07) is 13.9. The highest BCUT2D eigenvalue weighted by Crippen LogP contribution is 2.21. The number of nitrogens with one attached hydrogen (secondary N) is 1. The first-order valence-corrected chi connectivity index (χ1v) is 10.2. The number of carbonyl (C=O) groups is 1. The standard InChI is InChI=1S/C21H19FN6OS/c1-15(16-5-7-18(8-6-16)28-14-23-13-25-28)26-20(29)12-30-21-24-9-10-27(21)19-4-2-3-17(22)11-19/h2-11,13-15H,12H2,1H3,(H,26,29)/t15-/m0/s1. The fraction of sp³-hybridized carbons (Fsp3) is 0.143. The fourth-order valence-electron chi connectivity index (χ4n) is 2.97. The van der Waals surface area contributed by atoms with E-state index in [1.165, 1.54) is 30.2 Å². The zero-order valence-corrected chi connectivity index (χ0v) is 17.0. The second-order valence-electron chi connectivity index (χ2n) is 6.57. The molecule has 2 aromatic heterocycles. The van der Waals surface area contributed by atoms with Crippen molar-refractivity contribution >= 4 is 17.7 Å². The first-order valence-electron chi connectivity index (χ1n) is 9.26. The molecule has 9 heteroatoms. The molecule has 1 N–H and O–H groups in total. The molecular formula is C21H19FN6OS. The lowest BCUT2D eigenvalue weighted by Gasteiger charge is -2.15. The first-order chi connectivity index (χ1) is 14.6. The molecule has 7 nitrogen and oxygen atoms in total. The van der Waals surface area contributed by atoms with Crippen molar-refractivity contribution in [2.75, 3.05) is 5.75 Å². The van der Waals surface area contributed by atoms with E-state index < -0.39 is 0 Å². The number of rotatable bonds is 7. The van der Waals surface area contributed by atoms with E-state index in [0.29, 0.717) is 10.8 Å². The summed E-state index contributed by atoms with van der Waals surface area (Å²) < 4.78 is 16.9.